The Hall–Kier alpha value is -3.41. The molecule has 3 aromatic carbocycles. The van der Waals surface area contributed by atoms with Crippen LogP contribution in [0.2, 0.25) is 0 Å². The maximum absolute atomic E-state index is 14.9. The van der Waals surface area contributed by atoms with Gasteiger partial charge in [-0.1, -0.05) is 43.3 Å². The smallest absolute Gasteiger partial charge is 0.461 e. The standard InChI is InChI=1S/C30H30F9NO2/c1-18(2)41-26-15-21(9-10-25(26)32)28(17-20-7-5-4-6-8-20,40-12-11-19(3)29(35,36)37)22-13-23(31)16-24(14-22)42-30(38,39)27(33)34/h4-10,13-16,18-19,27,40H,11-12,17H2,1-3H3. The summed E-state index contributed by atoms with van der Waals surface area (Å²) in [5, 5.41) is 3.02. The normalized spacial score (nSPS) is 14.6. The Morgan fingerprint density at radius 3 is 2.07 bits per heavy atom. The van der Waals surface area contributed by atoms with E-state index in [0.717, 1.165) is 25.1 Å². The molecule has 0 spiro atoms. The van der Waals surface area contributed by atoms with Crippen molar-refractivity contribution in [3.05, 3.63) is 95.1 Å². The van der Waals surface area contributed by atoms with Crippen LogP contribution in [0.1, 0.15) is 43.9 Å². The van der Waals surface area contributed by atoms with E-state index in [2.05, 4.69) is 10.1 Å². The van der Waals surface area contributed by atoms with Crippen LogP contribution in [0.4, 0.5) is 39.5 Å². The highest BCUT2D eigenvalue weighted by molar-refractivity contribution is 5.47. The van der Waals surface area contributed by atoms with Crippen molar-refractivity contribution in [3.8, 4) is 11.5 Å². The van der Waals surface area contributed by atoms with Gasteiger partial charge in [-0.2, -0.15) is 30.7 Å². The lowest BCUT2D eigenvalue weighted by molar-refractivity contribution is -0.253. The zero-order valence-electron chi connectivity index (χ0n) is 22.9. The first-order valence-electron chi connectivity index (χ1n) is 13.0. The highest BCUT2D eigenvalue weighted by Crippen LogP contribution is 2.40. The summed E-state index contributed by atoms with van der Waals surface area (Å²) in [5.41, 5.74) is -1.09. The molecule has 0 aromatic heterocycles. The van der Waals surface area contributed by atoms with Crippen molar-refractivity contribution in [1.82, 2.24) is 5.32 Å². The average molecular weight is 608 g/mol. The SMILES string of the molecule is CC(C)Oc1cc(C(Cc2ccccc2)(NCCC(C)C(F)(F)F)c2cc(F)cc(OC(F)(F)C(F)F)c2)ccc1F. The van der Waals surface area contributed by atoms with Gasteiger partial charge in [-0.3, -0.25) is 0 Å². The Morgan fingerprint density at radius 1 is 0.810 bits per heavy atom. The summed E-state index contributed by atoms with van der Waals surface area (Å²) >= 11 is 0. The van der Waals surface area contributed by atoms with Gasteiger partial charge in [0.1, 0.15) is 11.6 Å². The summed E-state index contributed by atoms with van der Waals surface area (Å²) in [7, 11) is 0. The minimum atomic E-state index is -4.96. The number of alkyl halides is 7. The zero-order valence-corrected chi connectivity index (χ0v) is 22.9. The number of hydrogen-bond acceptors (Lipinski definition) is 3. The average Bonchev–Trinajstić information content (AvgIpc) is 2.88. The Morgan fingerprint density at radius 2 is 1.48 bits per heavy atom. The van der Waals surface area contributed by atoms with Gasteiger partial charge in [0.2, 0.25) is 0 Å². The summed E-state index contributed by atoms with van der Waals surface area (Å²) in [6.45, 7) is 3.94. The topological polar surface area (TPSA) is 30.5 Å². The molecule has 2 unspecified atom stereocenters. The molecule has 0 aliphatic carbocycles. The Labute approximate surface area is 237 Å². The quantitative estimate of drug-likeness (QED) is 0.197. The van der Waals surface area contributed by atoms with E-state index < -0.39 is 60.1 Å². The molecule has 12 heteroatoms. The molecule has 0 fully saturated rings. The predicted octanol–water partition coefficient (Wildman–Crippen LogP) is 8.65. The lowest BCUT2D eigenvalue weighted by Crippen LogP contribution is -2.47. The molecule has 0 aliphatic heterocycles. The monoisotopic (exact) mass is 607 g/mol. The van der Waals surface area contributed by atoms with Gasteiger partial charge in [0, 0.05) is 6.07 Å². The molecule has 2 atom stereocenters. The van der Waals surface area contributed by atoms with E-state index in [1.54, 1.807) is 44.2 Å². The molecule has 42 heavy (non-hydrogen) atoms. The van der Waals surface area contributed by atoms with Crippen LogP contribution in [-0.4, -0.2) is 31.4 Å². The summed E-state index contributed by atoms with van der Waals surface area (Å²) < 4.78 is 133. The fraction of sp³-hybridized carbons (Fsp3) is 0.400. The first kappa shape index (κ1) is 33.1. The van der Waals surface area contributed by atoms with Crippen LogP contribution in [0.25, 0.3) is 0 Å². The number of hydrogen-bond donors (Lipinski definition) is 1. The van der Waals surface area contributed by atoms with Gasteiger partial charge < -0.3 is 14.8 Å². The van der Waals surface area contributed by atoms with E-state index in [9.17, 15) is 39.5 Å². The van der Waals surface area contributed by atoms with Crippen LogP contribution in [-0.2, 0) is 12.0 Å². The van der Waals surface area contributed by atoms with Crippen molar-refractivity contribution >= 4 is 0 Å². The van der Waals surface area contributed by atoms with Gasteiger partial charge in [-0.05, 0) is 74.2 Å². The van der Waals surface area contributed by atoms with Crippen LogP contribution >= 0.6 is 0 Å². The third-order valence-corrected chi connectivity index (χ3v) is 6.53. The molecule has 0 bridgehead atoms. The maximum atomic E-state index is 14.9. The Kier molecular flexibility index (Phi) is 10.5. The molecular formula is C30H30F9NO2. The van der Waals surface area contributed by atoms with Gasteiger partial charge in [-0.15, -0.1) is 0 Å². The summed E-state index contributed by atoms with van der Waals surface area (Å²) in [5.74, 6) is -4.81. The molecule has 1 N–H and O–H groups in total. The number of rotatable bonds is 13. The van der Waals surface area contributed by atoms with Gasteiger partial charge in [0.15, 0.2) is 11.6 Å². The van der Waals surface area contributed by atoms with Crippen molar-refractivity contribution < 1.29 is 49.0 Å². The van der Waals surface area contributed by atoms with Crippen molar-refractivity contribution in [2.45, 2.75) is 64.0 Å². The van der Waals surface area contributed by atoms with Crippen LogP contribution < -0.4 is 14.8 Å². The second kappa shape index (κ2) is 13.3. The van der Waals surface area contributed by atoms with E-state index in [1.165, 1.54) is 12.1 Å². The molecule has 3 aromatic rings. The second-order valence-electron chi connectivity index (χ2n) is 10.2. The highest BCUT2D eigenvalue weighted by atomic mass is 19.4. The van der Waals surface area contributed by atoms with Gasteiger partial charge >= 0.3 is 18.7 Å². The largest absolute Gasteiger partial charge is 0.488 e. The van der Waals surface area contributed by atoms with Gasteiger partial charge in [-0.25, -0.2) is 8.78 Å². The number of nitrogens with one attached hydrogen (secondary N) is 1. The van der Waals surface area contributed by atoms with Crippen LogP contribution in [0, 0.1) is 17.6 Å². The van der Waals surface area contributed by atoms with Crippen LogP contribution in [0.3, 0.4) is 0 Å². The maximum Gasteiger partial charge on any atom is 0.461 e. The first-order chi connectivity index (χ1) is 19.5. The molecule has 0 radical (unpaired) electrons. The molecular weight excluding hydrogens is 577 g/mol. The van der Waals surface area contributed by atoms with E-state index in [-0.39, 0.29) is 29.8 Å². The fourth-order valence-corrected chi connectivity index (χ4v) is 4.39. The first-order valence-corrected chi connectivity index (χ1v) is 13.0. The van der Waals surface area contributed by atoms with E-state index in [0.29, 0.717) is 11.6 Å². The highest BCUT2D eigenvalue weighted by Gasteiger charge is 2.45. The second-order valence-corrected chi connectivity index (χ2v) is 10.2. The third-order valence-electron chi connectivity index (χ3n) is 6.53. The van der Waals surface area contributed by atoms with Crippen molar-refractivity contribution in [2.75, 3.05) is 6.54 Å². The minimum Gasteiger partial charge on any atom is -0.488 e. The minimum absolute atomic E-state index is 0.102. The molecule has 0 aliphatic rings. The summed E-state index contributed by atoms with van der Waals surface area (Å²) in [6.07, 6.45) is -14.7. The lowest BCUT2D eigenvalue weighted by atomic mass is 9.77. The third kappa shape index (κ3) is 8.33. The van der Waals surface area contributed by atoms with E-state index in [1.807, 2.05) is 0 Å². The predicted molar refractivity (Wildman–Crippen MR) is 139 cm³/mol. The molecule has 230 valence electrons. The van der Waals surface area contributed by atoms with Crippen molar-refractivity contribution in [3.63, 3.8) is 0 Å². The molecule has 0 saturated heterocycles. The molecule has 0 amide bonds. The summed E-state index contributed by atoms with van der Waals surface area (Å²) in [6, 6.07) is 14.3. The zero-order chi connectivity index (χ0) is 31.3. The van der Waals surface area contributed by atoms with Crippen LogP contribution in [0.15, 0.2) is 66.7 Å². The lowest BCUT2D eigenvalue weighted by Gasteiger charge is -2.38. The van der Waals surface area contributed by atoms with E-state index >= 15 is 0 Å². The van der Waals surface area contributed by atoms with Crippen molar-refractivity contribution in [2.24, 2.45) is 5.92 Å². The molecule has 3 nitrogen and oxygen atoms in total. The molecule has 0 saturated carbocycles. The molecule has 3 rings (SSSR count). The van der Waals surface area contributed by atoms with Crippen LogP contribution in [0.5, 0.6) is 11.5 Å². The van der Waals surface area contributed by atoms with E-state index in [4.69, 9.17) is 4.74 Å². The molecule has 0 heterocycles. The van der Waals surface area contributed by atoms with Gasteiger partial charge in [0.25, 0.3) is 0 Å². The number of benzene rings is 3. The van der Waals surface area contributed by atoms with Gasteiger partial charge in [0.05, 0.1) is 17.6 Å². The number of ether oxygens (including phenoxy) is 2. The Balaban J connectivity index is 2.26. The van der Waals surface area contributed by atoms with Crippen molar-refractivity contribution in [1.29, 1.82) is 0 Å². The Bertz CT molecular complexity index is 1320. The number of halogens is 9. The summed E-state index contributed by atoms with van der Waals surface area (Å²) in [4.78, 5) is 0. The fourth-order valence-electron chi connectivity index (χ4n) is 4.39.